The van der Waals surface area contributed by atoms with Crippen molar-refractivity contribution in [1.29, 1.82) is 0 Å². The zero-order valence-corrected chi connectivity index (χ0v) is 16.5. The van der Waals surface area contributed by atoms with Crippen LogP contribution in [0.15, 0.2) is 60.8 Å². The number of nitrogens with one attached hydrogen (secondary N) is 2. The minimum absolute atomic E-state index is 0.120. The molecule has 1 amide bonds. The van der Waals surface area contributed by atoms with Crippen LogP contribution in [0.2, 0.25) is 0 Å². The average molecular weight is 416 g/mol. The zero-order chi connectivity index (χ0) is 20.8. The summed E-state index contributed by atoms with van der Waals surface area (Å²) in [5.41, 5.74) is 1.25. The second kappa shape index (κ2) is 9.35. The van der Waals surface area contributed by atoms with Crippen molar-refractivity contribution >= 4 is 29.5 Å². The Morgan fingerprint density at radius 3 is 2.62 bits per heavy atom. The molecule has 2 aromatic carbocycles. The lowest BCUT2D eigenvalue weighted by Gasteiger charge is -2.11. The monoisotopic (exact) mass is 416 g/mol. The maximum atomic E-state index is 13.7. The highest BCUT2D eigenvalue weighted by Gasteiger charge is 2.10. The van der Waals surface area contributed by atoms with Gasteiger partial charge in [0, 0.05) is 29.5 Å². The molecule has 3 rings (SSSR count). The standard InChI is InChI=1S/C20H18F2N4O2S/c1-26(2)29-25-15-5-3-4-13(10-15)20(27)24-19-9-7-16(12-23-19)28-18-8-6-14(21)11-17(18)22/h3-12,25H,1-2H3,(H,23,24,27). The lowest BCUT2D eigenvalue weighted by Crippen LogP contribution is -2.13. The summed E-state index contributed by atoms with van der Waals surface area (Å²) in [6.07, 6.45) is 1.34. The van der Waals surface area contributed by atoms with Crippen molar-refractivity contribution in [2.24, 2.45) is 0 Å². The van der Waals surface area contributed by atoms with Crippen LogP contribution in [0.3, 0.4) is 0 Å². The van der Waals surface area contributed by atoms with E-state index >= 15 is 0 Å². The Labute approximate surface area is 171 Å². The van der Waals surface area contributed by atoms with E-state index in [1.807, 2.05) is 24.5 Å². The molecule has 9 heteroatoms. The second-order valence-corrected chi connectivity index (χ2v) is 7.21. The summed E-state index contributed by atoms with van der Waals surface area (Å²) in [4.78, 5) is 16.5. The fraction of sp³-hybridized carbons (Fsp3) is 0.100. The maximum absolute atomic E-state index is 13.7. The third-order valence-corrected chi connectivity index (χ3v) is 4.26. The quantitative estimate of drug-likeness (QED) is 0.532. The van der Waals surface area contributed by atoms with Crippen LogP contribution in [0.5, 0.6) is 11.5 Å². The molecule has 0 fully saturated rings. The van der Waals surface area contributed by atoms with Gasteiger partial charge < -0.3 is 14.8 Å². The Kier molecular flexibility index (Phi) is 6.63. The molecule has 150 valence electrons. The van der Waals surface area contributed by atoms with Crippen LogP contribution in [0.1, 0.15) is 10.4 Å². The number of amides is 1. The summed E-state index contributed by atoms with van der Waals surface area (Å²) in [6.45, 7) is 0. The van der Waals surface area contributed by atoms with Crippen LogP contribution in [0.4, 0.5) is 20.3 Å². The first-order chi connectivity index (χ1) is 13.9. The van der Waals surface area contributed by atoms with Crippen LogP contribution in [0.25, 0.3) is 0 Å². The van der Waals surface area contributed by atoms with Crippen LogP contribution < -0.4 is 14.8 Å². The van der Waals surface area contributed by atoms with Gasteiger partial charge in [-0.1, -0.05) is 6.07 Å². The van der Waals surface area contributed by atoms with Crippen molar-refractivity contribution in [2.45, 2.75) is 0 Å². The van der Waals surface area contributed by atoms with E-state index < -0.39 is 11.6 Å². The third-order valence-electron chi connectivity index (χ3n) is 3.57. The summed E-state index contributed by atoms with van der Waals surface area (Å²) < 4.78 is 36.9. The molecule has 0 unspecified atom stereocenters. The topological polar surface area (TPSA) is 66.5 Å². The van der Waals surface area contributed by atoms with E-state index in [2.05, 4.69) is 15.0 Å². The van der Waals surface area contributed by atoms with E-state index in [9.17, 15) is 13.6 Å². The fourth-order valence-electron chi connectivity index (χ4n) is 2.26. The largest absolute Gasteiger partial charge is 0.453 e. The van der Waals surface area contributed by atoms with Crippen molar-refractivity contribution in [2.75, 3.05) is 24.1 Å². The summed E-state index contributed by atoms with van der Waals surface area (Å²) in [7, 11) is 3.80. The molecule has 29 heavy (non-hydrogen) atoms. The first-order valence-corrected chi connectivity index (χ1v) is 9.29. The predicted octanol–water partition coefficient (Wildman–Crippen LogP) is 4.94. The van der Waals surface area contributed by atoms with Crippen molar-refractivity contribution < 1.29 is 18.3 Å². The number of aromatic nitrogens is 1. The molecule has 0 bridgehead atoms. The van der Waals surface area contributed by atoms with Crippen LogP contribution in [-0.4, -0.2) is 29.3 Å². The highest BCUT2D eigenvalue weighted by atomic mass is 32.2. The number of rotatable bonds is 7. The first-order valence-electron chi connectivity index (χ1n) is 8.51. The molecule has 0 saturated heterocycles. The molecule has 0 aliphatic rings. The number of halogens is 2. The van der Waals surface area contributed by atoms with E-state index in [1.165, 1.54) is 36.5 Å². The van der Waals surface area contributed by atoms with Gasteiger partial charge in [0.25, 0.3) is 5.91 Å². The van der Waals surface area contributed by atoms with E-state index in [1.54, 1.807) is 18.2 Å². The molecular formula is C20H18F2N4O2S. The second-order valence-electron chi connectivity index (χ2n) is 6.10. The Hall–Kier alpha value is -3.17. The smallest absolute Gasteiger partial charge is 0.256 e. The zero-order valence-electron chi connectivity index (χ0n) is 15.6. The molecule has 3 aromatic rings. The minimum Gasteiger partial charge on any atom is -0.453 e. The Balaban J connectivity index is 1.63. The molecule has 2 N–H and O–H groups in total. The average Bonchev–Trinajstić information content (AvgIpc) is 2.70. The van der Waals surface area contributed by atoms with Crippen molar-refractivity contribution in [1.82, 2.24) is 9.29 Å². The van der Waals surface area contributed by atoms with E-state index in [0.29, 0.717) is 11.4 Å². The van der Waals surface area contributed by atoms with Gasteiger partial charge in [-0.15, -0.1) is 0 Å². The van der Waals surface area contributed by atoms with Crippen molar-refractivity contribution in [3.63, 3.8) is 0 Å². The number of benzene rings is 2. The van der Waals surface area contributed by atoms with Gasteiger partial charge in [0.15, 0.2) is 11.6 Å². The molecule has 1 heterocycles. The number of hydrogen-bond donors (Lipinski definition) is 2. The molecule has 6 nitrogen and oxygen atoms in total. The van der Waals surface area contributed by atoms with Gasteiger partial charge in [-0.05, 0) is 56.6 Å². The molecule has 0 saturated carbocycles. The van der Waals surface area contributed by atoms with Crippen molar-refractivity contribution in [3.05, 3.63) is 78.0 Å². The molecule has 0 radical (unpaired) electrons. The van der Waals surface area contributed by atoms with E-state index in [-0.39, 0.29) is 17.4 Å². The van der Waals surface area contributed by atoms with Crippen LogP contribution in [0, 0.1) is 11.6 Å². The Morgan fingerprint density at radius 1 is 1.10 bits per heavy atom. The molecule has 0 aliphatic carbocycles. The van der Waals surface area contributed by atoms with Gasteiger partial charge in [0.1, 0.15) is 17.4 Å². The lowest BCUT2D eigenvalue weighted by molar-refractivity contribution is 0.102. The SMILES string of the molecule is CN(C)SNc1cccc(C(=O)Nc2ccc(Oc3ccc(F)cc3F)cn2)c1. The molecule has 0 atom stereocenters. The molecule has 1 aromatic heterocycles. The van der Waals surface area contributed by atoms with Crippen molar-refractivity contribution in [3.8, 4) is 11.5 Å². The minimum atomic E-state index is -0.816. The Bertz CT molecular complexity index is 1000. The first kappa shape index (κ1) is 20.6. The summed E-state index contributed by atoms with van der Waals surface area (Å²) in [6, 6.07) is 13.1. The van der Waals surface area contributed by atoms with Crippen LogP contribution >= 0.6 is 12.1 Å². The molecular weight excluding hydrogens is 398 g/mol. The number of carbonyl (C=O) groups is 1. The third kappa shape index (κ3) is 5.90. The summed E-state index contributed by atoms with van der Waals surface area (Å²) in [5.74, 6) is -1.39. The number of ether oxygens (including phenoxy) is 1. The Morgan fingerprint density at radius 2 is 1.93 bits per heavy atom. The van der Waals surface area contributed by atoms with Gasteiger partial charge in [-0.25, -0.2) is 18.1 Å². The maximum Gasteiger partial charge on any atom is 0.256 e. The predicted molar refractivity (Wildman–Crippen MR) is 110 cm³/mol. The fourth-order valence-corrected chi connectivity index (χ4v) is 2.67. The van der Waals surface area contributed by atoms with Crippen LogP contribution in [-0.2, 0) is 0 Å². The highest BCUT2D eigenvalue weighted by Crippen LogP contribution is 2.25. The molecule has 0 aliphatic heterocycles. The van der Waals surface area contributed by atoms with Gasteiger partial charge in [-0.2, -0.15) is 0 Å². The van der Waals surface area contributed by atoms with E-state index in [4.69, 9.17) is 4.74 Å². The van der Waals surface area contributed by atoms with Gasteiger partial charge in [0.05, 0.1) is 6.20 Å². The van der Waals surface area contributed by atoms with Gasteiger partial charge in [0.2, 0.25) is 0 Å². The highest BCUT2D eigenvalue weighted by molar-refractivity contribution is 7.98. The number of pyridine rings is 1. The molecule has 0 spiro atoms. The number of nitrogens with zero attached hydrogens (tertiary/aromatic N) is 2. The lowest BCUT2D eigenvalue weighted by atomic mass is 10.2. The normalized spacial score (nSPS) is 10.7. The number of hydrogen-bond acceptors (Lipinski definition) is 6. The van der Waals surface area contributed by atoms with E-state index in [0.717, 1.165) is 17.8 Å². The van der Waals surface area contributed by atoms with Gasteiger partial charge in [-0.3, -0.25) is 4.79 Å². The summed E-state index contributed by atoms with van der Waals surface area (Å²) >= 11 is 1.39. The van der Waals surface area contributed by atoms with Gasteiger partial charge >= 0.3 is 0 Å². The summed E-state index contributed by atoms with van der Waals surface area (Å²) in [5, 5.41) is 2.69. The number of carbonyl (C=O) groups excluding carboxylic acids is 1. The number of anilines is 2.